The summed E-state index contributed by atoms with van der Waals surface area (Å²) in [6.45, 7) is 0. The van der Waals surface area contributed by atoms with Crippen LogP contribution < -0.4 is 5.73 Å². The van der Waals surface area contributed by atoms with Crippen molar-refractivity contribution >= 4 is 24.1 Å². The minimum atomic E-state index is -0.605. The lowest BCUT2D eigenvalue weighted by Crippen LogP contribution is -2.20. The minimum Gasteiger partial charge on any atom is -0.368 e. The molecule has 7 nitrogen and oxygen atoms in total. The van der Waals surface area contributed by atoms with Crippen LogP contribution in [0, 0.1) is 15.5 Å². The zero-order chi connectivity index (χ0) is 8.43. The van der Waals surface area contributed by atoms with Crippen LogP contribution >= 0.6 is 12.4 Å². The van der Waals surface area contributed by atoms with Gasteiger partial charge in [-0.1, -0.05) is 0 Å². The third-order valence-corrected chi connectivity index (χ3v) is 1.03. The number of nitrogen functional groups attached to an aromatic ring is 1. The smallest absolute Gasteiger partial charge is 0.307 e. The van der Waals surface area contributed by atoms with Crippen LogP contribution in [0.2, 0.25) is 0 Å². The summed E-state index contributed by atoms with van der Waals surface area (Å²) < 4.78 is 0.915. The first-order valence-corrected chi connectivity index (χ1v) is 2.64. The summed E-state index contributed by atoms with van der Waals surface area (Å²) in [5.41, 5.74) is 4.81. The molecular formula is C4H6ClN5O2. The fourth-order valence-electron chi connectivity index (χ4n) is 0.539. The first kappa shape index (κ1) is 10.4. The van der Waals surface area contributed by atoms with Crippen LogP contribution in [0.15, 0.2) is 12.4 Å². The van der Waals surface area contributed by atoms with Crippen molar-refractivity contribution < 1.29 is 4.92 Å². The molecule has 0 unspecified atom stereocenters. The van der Waals surface area contributed by atoms with Crippen LogP contribution in [-0.2, 0) is 0 Å². The van der Waals surface area contributed by atoms with Gasteiger partial charge in [0.25, 0.3) is 0 Å². The standard InChI is InChI=1S/C4H5N5O2.ClH/c5-4(6)8-2-3(1-7-8)9(10)11;/h1-2H,(H3,5,6);1H. The van der Waals surface area contributed by atoms with Gasteiger partial charge in [0.05, 0.1) is 4.92 Å². The fraction of sp³-hybridized carbons (Fsp3) is 0. The highest BCUT2D eigenvalue weighted by atomic mass is 35.5. The number of nitrogens with zero attached hydrogens (tertiary/aromatic N) is 3. The molecule has 8 heteroatoms. The fourth-order valence-corrected chi connectivity index (χ4v) is 0.539. The lowest BCUT2D eigenvalue weighted by atomic mass is 10.6. The summed E-state index contributed by atoms with van der Waals surface area (Å²) in [5, 5.41) is 20.4. The first-order valence-electron chi connectivity index (χ1n) is 2.64. The molecule has 0 amide bonds. The Balaban J connectivity index is 0.00000121. The number of aromatic nitrogens is 2. The van der Waals surface area contributed by atoms with Crippen molar-refractivity contribution in [1.29, 1.82) is 5.41 Å². The maximum Gasteiger partial charge on any atom is 0.307 e. The molecule has 1 aromatic heterocycles. The molecule has 12 heavy (non-hydrogen) atoms. The Morgan fingerprint density at radius 2 is 2.42 bits per heavy atom. The van der Waals surface area contributed by atoms with Crippen LogP contribution in [0.5, 0.6) is 0 Å². The average molecular weight is 192 g/mol. The molecule has 0 spiro atoms. The van der Waals surface area contributed by atoms with Crippen LogP contribution in [0.3, 0.4) is 0 Å². The number of nitrogens with two attached hydrogens (primary N) is 1. The van der Waals surface area contributed by atoms with E-state index in [-0.39, 0.29) is 24.1 Å². The Bertz CT molecular complexity index is 280. The van der Waals surface area contributed by atoms with E-state index >= 15 is 0 Å². The number of nitrogens with one attached hydrogen (secondary N) is 1. The topological polar surface area (TPSA) is 111 Å². The van der Waals surface area contributed by atoms with E-state index in [0.717, 1.165) is 17.1 Å². The SMILES string of the molecule is Cl.N=C(N)n1cc([N+](=O)[O-])cn1. The predicted octanol–water partition coefficient (Wildman–Crippen LogP) is -0.0453. The number of rotatable bonds is 1. The third-order valence-electron chi connectivity index (χ3n) is 1.03. The van der Waals surface area contributed by atoms with Crippen molar-refractivity contribution in [3.05, 3.63) is 22.5 Å². The van der Waals surface area contributed by atoms with E-state index in [4.69, 9.17) is 11.1 Å². The van der Waals surface area contributed by atoms with Gasteiger partial charge in [0.2, 0.25) is 5.96 Å². The van der Waals surface area contributed by atoms with Gasteiger partial charge in [-0.3, -0.25) is 15.5 Å². The summed E-state index contributed by atoms with van der Waals surface area (Å²) in [5.74, 6) is -0.349. The molecule has 0 aliphatic carbocycles. The second-order valence-corrected chi connectivity index (χ2v) is 1.79. The summed E-state index contributed by atoms with van der Waals surface area (Å²) in [6, 6.07) is 0. The Hall–Kier alpha value is -1.63. The predicted molar refractivity (Wildman–Crippen MR) is 43.4 cm³/mol. The Morgan fingerprint density at radius 1 is 1.83 bits per heavy atom. The molecule has 0 aliphatic rings. The molecule has 0 saturated carbocycles. The molecule has 3 N–H and O–H groups in total. The summed E-state index contributed by atoms with van der Waals surface area (Å²) in [4.78, 5) is 9.47. The molecule has 0 aliphatic heterocycles. The normalized spacial score (nSPS) is 8.67. The van der Waals surface area contributed by atoms with Gasteiger partial charge < -0.3 is 5.73 Å². The maximum absolute atomic E-state index is 10.1. The zero-order valence-corrected chi connectivity index (χ0v) is 6.61. The van der Waals surface area contributed by atoms with Crippen molar-refractivity contribution in [3.8, 4) is 0 Å². The van der Waals surface area contributed by atoms with Gasteiger partial charge in [-0.2, -0.15) is 5.10 Å². The second kappa shape index (κ2) is 3.67. The molecule has 0 bridgehead atoms. The molecule has 66 valence electrons. The van der Waals surface area contributed by atoms with Gasteiger partial charge in [0.15, 0.2) is 0 Å². The van der Waals surface area contributed by atoms with E-state index in [2.05, 4.69) is 5.10 Å². The highest BCUT2D eigenvalue weighted by Crippen LogP contribution is 2.06. The Morgan fingerprint density at radius 3 is 2.67 bits per heavy atom. The largest absolute Gasteiger partial charge is 0.368 e. The average Bonchev–Trinajstić information content (AvgIpc) is 2.33. The van der Waals surface area contributed by atoms with E-state index in [1.54, 1.807) is 0 Å². The lowest BCUT2D eigenvalue weighted by molar-refractivity contribution is -0.384. The monoisotopic (exact) mass is 191 g/mol. The summed E-state index contributed by atoms with van der Waals surface area (Å²) in [6.07, 6.45) is 2.10. The molecule has 1 aromatic rings. The molecular weight excluding hydrogens is 186 g/mol. The Kier molecular flexibility index (Phi) is 3.17. The molecule has 0 aromatic carbocycles. The highest BCUT2D eigenvalue weighted by Gasteiger charge is 2.08. The second-order valence-electron chi connectivity index (χ2n) is 1.79. The zero-order valence-electron chi connectivity index (χ0n) is 5.80. The van der Waals surface area contributed by atoms with Crippen LogP contribution in [-0.4, -0.2) is 20.7 Å². The van der Waals surface area contributed by atoms with Gasteiger partial charge in [-0.15, -0.1) is 12.4 Å². The van der Waals surface area contributed by atoms with E-state index in [1.165, 1.54) is 0 Å². The number of halogens is 1. The van der Waals surface area contributed by atoms with Crippen LogP contribution in [0.4, 0.5) is 5.69 Å². The van der Waals surface area contributed by atoms with Crippen LogP contribution in [0.1, 0.15) is 0 Å². The van der Waals surface area contributed by atoms with E-state index in [0.29, 0.717) is 0 Å². The quantitative estimate of drug-likeness (QED) is 0.281. The van der Waals surface area contributed by atoms with E-state index in [9.17, 15) is 10.1 Å². The number of hydrogen-bond acceptors (Lipinski definition) is 4. The van der Waals surface area contributed by atoms with Crippen molar-refractivity contribution in [2.45, 2.75) is 0 Å². The molecule has 0 fully saturated rings. The molecule has 0 radical (unpaired) electrons. The summed E-state index contributed by atoms with van der Waals surface area (Å²) in [7, 11) is 0. The number of nitro groups is 1. The van der Waals surface area contributed by atoms with Crippen LogP contribution in [0.25, 0.3) is 0 Å². The van der Waals surface area contributed by atoms with Crippen molar-refractivity contribution in [2.24, 2.45) is 5.73 Å². The maximum atomic E-state index is 10.1. The lowest BCUT2D eigenvalue weighted by Gasteiger charge is -1.90. The van der Waals surface area contributed by atoms with Crippen molar-refractivity contribution in [2.75, 3.05) is 0 Å². The van der Waals surface area contributed by atoms with Crippen molar-refractivity contribution in [1.82, 2.24) is 9.78 Å². The van der Waals surface area contributed by atoms with Gasteiger partial charge in [-0.25, -0.2) is 4.68 Å². The highest BCUT2D eigenvalue weighted by molar-refractivity contribution is 5.85. The summed E-state index contributed by atoms with van der Waals surface area (Å²) >= 11 is 0. The molecule has 0 saturated heterocycles. The van der Waals surface area contributed by atoms with Gasteiger partial charge >= 0.3 is 5.69 Å². The molecule has 1 heterocycles. The first-order chi connectivity index (χ1) is 5.11. The van der Waals surface area contributed by atoms with E-state index in [1.807, 2.05) is 0 Å². The van der Waals surface area contributed by atoms with Gasteiger partial charge in [0.1, 0.15) is 12.4 Å². The Labute approximate surface area is 73.2 Å². The molecule has 0 atom stereocenters. The van der Waals surface area contributed by atoms with Crippen molar-refractivity contribution in [3.63, 3.8) is 0 Å². The third kappa shape index (κ3) is 1.92. The number of hydrogen-bond donors (Lipinski definition) is 2. The minimum absolute atomic E-state index is 0. The van der Waals surface area contributed by atoms with E-state index < -0.39 is 4.92 Å². The van der Waals surface area contributed by atoms with Gasteiger partial charge in [0, 0.05) is 0 Å². The van der Waals surface area contributed by atoms with Gasteiger partial charge in [-0.05, 0) is 0 Å². The molecule has 1 rings (SSSR count).